The number of hydrogen-bond donors (Lipinski definition) is 2. The van der Waals surface area contributed by atoms with Gasteiger partial charge in [0.05, 0.1) is 13.7 Å². The number of benzene rings is 1. The van der Waals surface area contributed by atoms with E-state index in [1.54, 1.807) is 7.11 Å². The molecular formula is C23H34N4O2. The first-order chi connectivity index (χ1) is 14.0. The van der Waals surface area contributed by atoms with Crippen LogP contribution in [-0.2, 0) is 16.7 Å². The van der Waals surface area contributed by atoms with Crippen molar-refractivity contribution < 1.29 is 9.47 Å². The maximum absolute atomic E-state index is 5.42. The zero-order chi connectivity index (χ0) is 21.0. The molecule has 0 fully saturated rings. The van der Waals surface area contributed by atoms with Crippen molar-refractivity contribution in [3.05, 3.63) is 59.9 Å². The Hall–Kier alpha value is -2.60. The monoisotopic (exact) mass is 398 g/mol. The smallest absolute Gasteiger partial charge is 0.191 e. The highest BCUT2D eigenvalue weighted by molar-refractivity contribution is 5.79. The van der Waals surface area contributed by atoms with E-state index in [-0.39, 0.29) is 5.41 Å². The van der Waals surface area contributed by atoms with Crippen molar-refractivity contribution in [2.75, 3.05) is 33.4 Å². The van der Waals surface area contributed by atoms with Crippen molar-refractivity contribution in [1.29, 1.82) is 0 Å². The molecule has 1 aromatic heterocycles. The molecule has 6 nitrogen and oxygen atoms in total. The van der Waals surface area contributed by atoms with Gasteiger partial charge in [0, 0.05) is 44.1 Å². The van der Waals surface area contributed by atoms with Crippen LogP contribution in [0.1, 0.15) is 38.3 Å². The Morgan fingerprint density at radius 3 is 2.45 bits per heavy atom. The van der Waals surface area contributed by atoms with E-state index in [0.29, 0.717) is 6.54 Å². The number of pyridine rings is 1. The molecule has 1 aromatic carbocycles. The minimum absolute atomic E-state index is 0.0448. The Morgan fingerprint density at radius 2 is 1.79 bits per heavy atom. The summed E-state index contributed by atoms with van der Waals surface area (Å²) in [4.78, 5) is 8.88. The van der Waals surface area contributed by atoms with Crippen LogP contribution in [-0.4, -0.2) is 44.4 Å². The van der Waals surface area contributed by atoms with Gasteiger partial charge in [-0.3, -0.25) is 4.98 Å². The molecule has 0 aliphatic rings. The predicted octanol–water partition coefficient (Wildman–Crippen LogP) is 3.53. The first-order valence-corrected chi connectivity index (χ1v) is 10.2. The molecular weight excluding hydrogens is 364 g/mol. The van der Waals surface area contributed by atoms with E-state index in [4.69, 9.17) is 14.5 Å². The Labute approximate surface area is 174 Å². The SMILES string of the molecule is CCOCCCNC(=NCc1ccc(OC)cc1)NCC(C)(C)c1ccncc1. The first kappa shape index (κ1) is 22.7. The largest absolute Gasteiger partial charge is 0.497 e. The average molecular weight is 399 g/mol. The van der Waals surface area contributed by atoms with Crippen molar-refractivity contribution in [3.8, 4) is 5.75 Å². The minimum Gasteiger partial charge on any atom is -0.497 e. The summed E-state index contributed by atoms with van der Waals surface area (Å²) in [6, 6.07) is 12.1. The molecule has 1 heterocycles. The molecule has 0 aliphatic heterocycles. The molecule has 0 spiro atoms. The summed E-state index contributed by atoms with van der Waals surface area (Å²) in [7, 11) is 1.67. The number of methoxy groups -OCH3 is 1. The van der Waals surface area contributed by atoms with Crippen molar-refractivity contribution in [1.82, 2.24) is 15.6 Å². The first-order valence-electron chi connectivity index (χ1n) is 10.2. The third-order valence-corrected chi connectivity index (χ3v) is 4.70. The van der Waals surface area contributed by atoms with Crippen LogP contribution < -0.4 is 15.4 Å². The minimum atomic E-state index is -0.0448. The lowest BCUT2D eigenvalue weighted by molar-refractivity contribution is 0.145. The number of ether oxygens (including phenoxy) is 2. The fourth-order valence-electron chi connectivity index (χ4n) is 2.81. The number of rotatable bonds is 11. The van der Waals surface area contributed by atoms with E-state index in [9.17, 15) is 0 Å². The molecule has 0 saturated carbocycles. The molecule has 0 aliphatic carbocycles. The molecule has 2 N–H and O–H groups in total. The number of aliphatic imine (C=N–C) groups is 1. The number of aromatic nitrogens is 1. The Kier molecular flexibility index (Phi) is 9.44. The normalized spacial score (nSPS) is 11.9. The van der Waals surface area contributed by atoms with Crippen LogP contribution in [0.2, 0.25) is 0 Å². The van der Waals surface area contributed by atoms with Crippen molar-refractivity contribution >= 4 is 5.96 Å². The fraction of sp³-hybridized carbons (Fsp3) is 0.478. The topological polar surface area (TPSA) is 67.8 Å². The quantitative estimate of drug-likeness (QED) is 0.344. The van der Waals surface area contributed by atoms with E-state index in [1.165, 1.54) is 5.56 Å². The maximum Gasteiger partial charge on any atom is 0.191 e. The van der Waals surface area contributed by atoms with Gasteiger partial charge in [-0.25, -0.2) is 4.99 Å². The fourth-order valence-corrected chi connectivity index (χ4v) is 2.81. The molecule has 2 rings (SSSR count). The van der Waals surface area contributed by atoms with Crippen molar-refractivity contribution in [3.63, 3.8) is 0 Å². The second-order valence-electron chi connectivity index (χ2n) is 7.46. The number of guanidine groups is 1. The third-order valence-electron chi connectivity index (χ3n) is 4.70. The highest BCUT2D eigenvalue weighted by atomic mass is 16.5. The summed E-state index contributed by atoms with van der Waals surface area (Å²) in [6.45, 7) is 10.1. The number of hydrogen-bond acceptors (Lipinski definition) is 4. The van der Waals surface area contributed by atoms with Gasteiger partial charge >= 0.3 is 0 Å². The zero-order valence-corrected chi connectivity index (χ0v) is 18.1. The number of nitrogens with one attached hydrogen (secondary N) is 2. The summed E-state index contributed by atoms with van der Waals surface area (Å²) in [5.41, 5.74) is 2.33. The van der Waals surface area contributed by atoms with Crippen LogP contribution in [0.3, 0.4) is 0 Å². The van der Waals surface area contributed by atoms with Gasteiger partial charge in [0.15, 0.2) is 5.96 Å². The molecule has 0 unspecified atom stereocenters. The highest BCUT2D eigenvalue weighted by Crippen LogP contribution is 2.21. The van der Waals surface area contributed by atoms with Gasteiger partial charge in [-0.2, -0.15) is 0 Å². The summed E-state index contributed by atoms with van der Waals surface area (Å²) < 4.78 is 10.6. The van der Waals surface area contributed by atoms with Gasteiger partial charge in [0.25, 0.3) is 0 Å². The maximum atomic E-state index is 5.42. The van der Waals surface area contributed by atoms with Crippen molar-refractivity contribution in [2.24, 2.45) is 4.99 Å². The second-order valence-corrected chi connectivity index (χ2v) is 7.46. The zero-order valence-electron chi connectivity index (χ0n) is 18.1. The van der Waals surface area contributed by atoms with E-state index < -0.39 is 0 Å². The lowest BCUT2D eigenvalue weighted by atomic mass is 9.85. The van der Waals surface area contributed by atoms with Crippen LogP contribution in [0, 0.1) is 0 Å². The van der Waals surface area contributed by atoms with Crippen LogP contribution in [0.5, 0.6) is 5.75 Å². The Bertz CT molecular complexity index is 730. The Balaban J connectivity index is 1.98. The van der Waals surface area contributed by atoms with Crippen LogP contribution >= 0.6 is 0 Å². The standard InChI is InChI=1S/C23H34N4O2/c1-5-29-16-6-13-25-22(26-17-19-7-9-21(28-4)10-8-19)27-18-23(2,3)20-11-14-24-15-12-20/h7-12,14-15H,5-6,13,16-18H2,1-4H3,(H2,25,26,27). The van der Waals surface area contributed by atoms with E-state index in [2.05, 4.69) is 41.6 Å². The Morgan fingerprint density at radius 1 is 1.07 bits per heavy atom. The van der Waals surface area contributed by atoms with E-state index in [0.717, 1.165) is 50.0 Å². The van der Waals surface area contributed by atoms with Crippen LogP contribution in [0.15, 0.2) is 53.8 Å². The van der Waals surface area contributed by atoms with Gasteiger partial charge in [0.2, 0.25) is 0 Å². The predicted molar refractivity (Wildman–Crippen MR) is 119 cm³/mol. The molecule has 29 heavy (non-hydrogen) atoms. The molecule has 0 atom stereocenters. The summed E-state index contributed by atoms with van der Waals surface area (Å²) in [5, 5.41) is 6.91. The van der Waals surface area contributed by atoms with Crippen LogP contribution in [0.25, 0.3) is 0 Å². The molecule has 6 heteroatoms. The van der Waals surface area contributed by atoms with Gasteiger partial charge in [-0.05, 0) is 48.7 Å². The summed E-state index contributed by atoms with van der Waals surface area (Å²) in [6.07, 6.45) is 4.61. The van der Waals surface area contributed by atoms with E-state index in [1.807, 2.05) is 43.6 Å². The molecule has 0 bridgehead atoms. The molecule has 0 amide bonds. The second kappa shape index (κ2) is 12.1. The third kappa shape index (κ3) is 8.11. The van der Waals surface area contributed by atoms with Gasteiger partial charge < -0.3 is 20.1 Å². The van der Waals surface area contributed by atoms with Crippen LogP contribution in [0.4, 0.5) is 0 Å². The lowest BCUT2D eigenvalue weighted by Gasteiger charge is -2.26. The highest BCUT2D eigenvalue weighted by Gasteiger charge is 2.20. The van der Waals surface area contributed by atoms with Gasteiger partial charge in [-0.15, -0.1) is 0 Å². The van der Waals surface area contributed by atoms with Gasteiger partial charge in [-0.1, -0.05) is 26.0 Å². The molecule has 0 saturated heterocycles. The lowest BCUT2D eigenvalue weighted by Crippen LogP contribution is -2.44. The van der Waals surface area contributed by atoms with E-state index >= 15 is 0 Å². The van der Waals surface area contributed by atoms with Gasteiger partial charge in [0.1, 0.15) is 5.75 Å². The average Bonchev–Trinajstić information content (AvgIpc) is 2.76. The molecule has 158 valence electrons. The molecule has 2 aromatic rings. The van der Waals surface area contributed by atoms with Crippen molar-refractivity contribution in [2.45, 2.75) is 39.2 Å². The number of nitrogens with zero attached hydrogens (tertiary/aromatic N) is 2. The molecule has 0 radical (unpaired) electrons. The summed E-state index contributed by atoms with van der Waals surface area (Å²) >= 11 is 0. The summed E-state index contributed by atoms with van der Waals surface area (Å²) in [5.74, 6) is 1.66.